The number of carbonyl (C=O) groups excluding carboxylic acids is 1. The molecule has 1 unspecified atom stereocenters. The fraction of sp³-hybridized carbons (Fsp3) is 0.316. The lowest BCUT2D eigenvalue weighted by Crippen LogP contribution is -2.31. The second kappa shape index (κ2) is 7.74. The molecule has 2 aromatic rings. The molecule has 2 nitrogen and oxygen atoms in total. The van der Waals surface area contributed by atoms with Crippen LogP contribution in [-0.4, -0.2) is 12.5 Å². The van der Waals surface area contributed by atoms with Crippen molar-refractivity contribution in [2.75, 3.05) is 6.54 Å². The minimum Gasteiger partial charge on any atom is -0.356 e. The summed E-state index contributed by atoms with van der Waals surface area (Å²) in [7, 11) is 0. The number of benzene rings is 2. The number of halogens is 1. The molecule has 2 rings (SSSR count). The topological polar surface area (TPSA) is 29.1 Å². The Labute approximate surface area is 131 Å². The van der Waals surface area contributed by atoms with Gasteiger partial charge in [0, 0.05) is 12.5 Å². The van der Waals surface area contributed by atoms with E-state index in [2.05, 4.69) is 30.4 Å². The molecule has 22 heavy (non-hydrogen) atoms. The van der Waals surface area contributed by atoms with Crippen LogP contribution in [0.15, 0.2) is 48.5 Å². The maximum absolute atomic E-state index is 12.9. The quantitative estimate of drug-likeness (QED) is 0.866. The molecule has 0 spiro atoms. The van der Waals surface area contributed by atoms with Crippen molar-refractivity contribution in [3.63, 3.8) is 0 Å². The first-order valence-electron chi connectivity index (χ1n) is 7.62. The molecule has 116 valence electrons. The van der Waals surface area contributed by atoms with E-state index in [4.69, 9.17) is 0 Å². The Kier molecular flexibility index (Phi) is 5.70. The minimum absolute atomic E-state index is 0.0389. The van der Waals surface area contributed by atoms with Gasteiger partial charge >= 0.3 is 0 Å². The Morgan fingerprint density at radius 1 is 1.14 bits per heavy atom. The van der Waals surface area contributed by atoms with Crippen LogP contribution in [0.25, 0.3) is 0 Å². The number of hydrogen-bond acceptors (Lipinski definition) is 1. The van der Waals surface area contributed by atoms with Gasteiger partial charge in [0.2, 0.25) is 5.91 Å². The van der Waals surface area contributed by atoms with E-state index in [9.17, 15) is 9.18 Å². The standard InChI is InChI=1S/C19H22FNO/c1-14-4-3-5-16(12-14)10-11-21-19(22)15(2)13-17-6-8-18(20)9-7-17/h3-9,12,15H,10-11,13H2,1-2H3,(H,21,22). The maximum Gasteiger partial charge on any atom is 0.223 e. The Morgan fingerprint density at radius 2 is 1.86 bits per heavy atom. The van der Waals surface area contributed by atoms with Crippen LogP contribution < -0.4 is 5.32 Å². The van der Waals surface area contributed by atoms with Crippen molar-refractivity contribution < 1.29 is 9.18 Å². The molecule has 0 aliphatic rings. The second-order valence-corrected chi connectivity index (χ2v) is 5.76. The molecule has 0 aromatic heterocycles. The van der Waals surface area contributed by atoms with E-state index in [0.717, 1.165) is 12.0 Å². The van der Waals surface area contributed by atoms with E-state index < -0.39 is 0 Å². The summed E-state index contributed by atoms with van der Waals surface area (Å²) in [4.78, 5) is 12.1. The summed E-state index contributed by atoms with van der Waals surface area (Å²) < 4.78 is 12.9. The molecular weight excluding hydrogens is 277 g/mol. The SMILES string of the molecule is Cc1cccc(CCNC(=O)C(C)Cc2ccc(F)cc2)c1. The van der Waals surface area contributed by atoms with Crippen molar-refractivity contribution in [3.05, 3.63) is 71.0 Å². The summed E-state index contributed by atoms with van der Waals surface area (Å²) in [5.74, 6) is -0.334. The van der Waals surface area contributed by atoms with Gasteiger partial charge in [0.25, 0.3) is 0 Å². The Bertz CT molecular complexity index is 622. The lowest BCUT2D eigenvalue weighted by atomic mass is 10.0. The third-order valence-electron chi connectivity index (χ3n) is 3.70. The van der Waals surface area contributed by atoms with E-state index in [-0.39, 0.29) is 17.6 Å². The third-order valence-corrected chi connectivity index (χ3v) is 3.70. The molecule has 0 aliphatic carbocycles. The lowest BCUT2D eigenvalue weighted by Gasteiger charge is -2.12. The summed E-state index contributed by atoms with van der Waals surface area (Å²) >= 11 is 0. The normalized spacial score (nSPS) is 12.0. The smallest absolute Gasteiger partial charge is 0.223 e. The fourth-order valence-electron chi connectivity index (χ4n) is 2.44. The zero-order chi connectivity index (χ0) is 15.9. The van der Waals surface area contributed by atoms with Gasteiger partial charge in [0.1, 0.15) is 5.82 Å². The van der Waals surface area contributed by atoms with Gasteiger partial charge in [-0.2, -0.15) is 0 Å². The Balaban J connectivity index is 1.77. The monoisotopic (exact) mass is 299 g/mol. The van der Waals surface area contributed by atoms with Gasteiger partial charge in [-0.15, -0.1) is 0 Å². The van der Waals surface area contributed by atoms with E-state index >= 15 is 0 Å². The molecule has 0 heterocycles. The number of hydrogen-bond donors (Lipinski definition) is 1. The van der Waals surface area contributed by atoms with Gasteiger partial charge in [-0.3, -0.25) is 4.79 Å². The largest absolute Gasteiger partial charge is 0.356 e. The van der Waals surface area contributed by atoms with Crippen LogP contribution in [0.2, 0.25) is 0 Å². The van der Waals surface area contributed by atoms with Crippen molar-refractivity contribution in [1.29, 1.82) is 0 Å². The van der Waals surface area contributed by atoms with Gasteiger partial charge in [-0.1, -0.05) is 48.9 Å². The number of rotatable bonds is 6. The number of amides is 1. The van der Waals surface area contributed by atoms with Gasteiger partial charge in [0.15, 0.2) is 0 Å². The molecule has 0 saturated heterocycles. The van der Waals surface area contributed by atoms with Crippen LogP contribution in [-0.2, 0) is 17.6 Å². The molecule has 0 bridgehead atoms. The molecule has 0 radical (unpaired) electrons. The molecule has 0 saturated carbocycles. The lowest BCUT2D eigenvalue weighted by molar-refractivity contribution is -0.124. The predicted octanol–water partition coefficient (Wildman–Crippen LogP) is 3.67. The zero-order valence-corrected chi connectivity index (χ0v) is 13.1. The van der Waals surface area contributed by atoms with Crippen molar-refractivity contribution in [2.24, 2.45) is 5.92 Å². The van der Waals surface area contributed by atoms with Gasteiger partial charge in [-0.25, -0.2) is 4.39 Å². The number of carbonyl (C=O) groups is 1. The van der Waals surface area contributed by atoms with Crippen LogP contribution in [0.4, 0.5) is 4.39 Å². The van der Waals surface area contributed by atoms with E-state index in [0.29, 0.717) is 13.0 Å². The number of nitrogens with one attached hydrogen (secondary N) is 1. The van der Waals surface area contributed by atoms with Crippen molar-refractivity contribution in [3.8, 4) is 0 Å². The minimum atomic E-state index is -0.251. The Hall–Kier alpha value is -2.16. The highest BCUT2D eigenvalue weighted by Gasteiger charge is 2.13. The van der Waals surface area contributed by atoms with Crippen LogP contribution >= 0.6 is 0 Å². The second-order valence-electron chi connectivity index (χ2n) is 5.76. The molecule has 0 aliphatic heterocycles. The highest BCUT2D eigenvalue weighted by Crippen LogP contribution is 2.10. The van der Waals surface area contributed by atoms with Crippen LogP contribution in [0.3, 0.4) is 0 Å². The third kappa shape index (κ3) is 4.99. The molecule has 0 fully saturated rings. The molecule has 1 atom stereocenters. The summed E-state index contributed by atoms with van der Waals surface area (Å²) in [6.45, 7) is 4.59. The van der Waals surface area contributed by atoms with Crippen molar-refractivity contribution in [1.82, 2.24) is 5.32 Å². The van der Waals surface area contributed by atoms with E-state index in [1.807, 2.05) is 13.0 Å². The molecule has 1 amide bonds. The van der Waals surface area contributed by atoms with Crippen molar-refractivity contribution in [2.45, 2.75) is 26.7 Å². The summed E-state index contributed by atoms with van der Waals surface area (Å²) in [6.07, 6.45) is 1.45. The van der Waals surface area contributed by atoms with Gasteiger partial charge in [0.05, 0.1) is 0 Å². The molecular formula is C19H22FNO. The first-order chi connectivity index (χ1) is 10.5. The average Bonchev–Trinajstić information content (AvgIpc) is 2.49. The summed E-state index contributed by atoms with van der Waals surface area (Å²) in [6, 6.07) is 14.6. The predicted molar refractivity (Wildman–Crippen MR) is 87.2 cm³/mol. The summed E-state index contributed by atoms with van der Waals surface area (Å²) in [5.41, 5.74) is 3.43. The summed E-state index contributed by atoms with van der Waals surface area (Å²) in [5, 5.41) is 2.97. The van der Waals surface area contributed by atoms with Crippen LogP contribution in [0.5, 0.6) is 0 Å². The number of aryl methyl sites for hydroxylation is 1. The highest BCUT2D eigenvalue weighted by atomic mass is 19.1. The van der Waals surface area contributed by atoms with E-state index in [1.165, 1.54) is 23.3 Å². The van der Waals surface area contributed by atoms with E-state index in [1.54, 1.807) is 12.1 Å². The maximum atomic E-state index is 12.9. The molecule has 3 heteroatoms. The average molecular weight is 299 g/mol. The highest BCUT2D eigenvalue weighted by molar-refractivity contribution is 5.78. The van der Waals surface area contributed by atoms with Gasteiger partial charge in [-0.05, 0) is 43.0 Å². The van der Waals surface area contributed by atoms with Crippen molar-refractivity contribution >= 4 is 5.91 Å². The fourth-order valence-corrected chi connectivity index (χ4v) is 2.44. The zero-order valence-electron chi connectivity index (χ0n) is 13.1. The Morgan fingerprint density at radius 3 is 2.55 bits per heavy atom. The first-order valence-corrected chi connectivity index (χ1v) is 7.62. The molecule has 1 N–H and O–H groups in total. The van der Waals surface area contributed by atoms with Crippen LogP contribution in [0.1, 0.15) is 23.6 Å². The van der Waals surface area contributed by atoms with Gasteiger partial charge < -0.3 is 5.32 Å². The van der Waals surface area contributed by atoms with Crippen LogP contribution in [0, 0.1) is 18.7 Å². The first kappa shape index (κ1) is 16.2. The molecule has 2 aromatic carbocycles.